The number of ketones is 1. The number of benzene rings is 3. The number of amides is 1. The van der Waals surface area contributed by atoms with Crippen LogP contribution in [0.25, 0.3) is 5.76 Å². The zero-order valence-electron chi connectivity index (χ0n) is 16.3. The fourth-order valence-corrected chi connectivity index (χ4v) is 3.66. The predicted octanol–water partition coefficient (Wildman–Crippen LogP) is 4.61. The van der Waals surface area contributed by atoms with Crippen molar-refractivity contribution in [3.63, 3.8) is 0 Å². The molecule has 0 radical (unpaired) electrons. The van der Waals surface area contributed by atoms with Crippen LogP contribution in [0.4, 0.5) is 14.5 Å². The zero-order chi connectivity index (χ0) is 22.3. The lowest BCUT2D eigenvalue weighted by atomic mass is 9.94. The highest BCUT2D eigenvalue weighted by molar-refractivity contribution is 6.51. The number of hydrogen-bond acceptors (Lipinski definition) is 4. The van der Waals surface area contributed by atoms with E-state index in [0.29, 0.717) is 5.56 Å². The number of aryl methyl sites for hydroxylation is 1. The van der Waals surface area contributed by atoms with Gasteiger partial charge in [0.25, 0.3) is 11.7 Å². The smallest absolute Gasteiger partial charge is 0.300 e. The van der Waals surface area contributed by atoms with Crippen molar-refractivity contribution in [3.05, 3.63) is 101 Å². The Bertz CT molecular complexity index is 1230. The van der Waals surface area contributed by atoms with Crippen molar-refractivity contribution in [1.29, 1.82) is 0 Å². The topological polar surface area (TPSA) is 77.8 Å². The number of aliphatic hydroxyl groups is 1. The van der Waals surface area contributed by atoms with Gasteiger partial charge < -0.3 is 10.2 Å². The molecule has 2 N–H and O–H groups in total. The van der Waals surface area contributed by atoms with Crippen molar-refractivity contribution in [3.8, 4) is 5.75 Å². The molecule has 3 aromatic carbocycles. The van der Waals surface area contributed by atoms with E-state index in [0.717, 1.165) is 23.1 Å². The monoisotopic (exact) mass is 421 g/mol. The summed E-state index contributed by atoms with van der Waals surface area (Å²) in [4.78, 5) is 27.1. The van der Waals surface area contributed by atoms with E-state index in [1.54, 1.807) is 6.07 Å². The van der Waals surface area contributed by atoms with Gasteiger partial charge >= 0.3 is 0 Å². The zero-order valence-corrected chi connectivity index (χ0v) is 16.3. The maximum atomic E-state index is 13.7. The van der Waals surface area contributed by atoms with Crippen LogP contribution in [0.1, 0.15) is 22.7 Å². The van der Waals surface area contributed by atoms with Crippen LogP contribution in [-0.4, -0.2) is 21.9 Å². The Morgan fingerprint density at radius 2 is 1.68 bits per heavy atom. The van der Waals surface area contributed by atoms with Gasteiger partial charge in [0.2, 0.25) is 0 Å². The van der Waals surface area contributed by atoms with E-state index in [1.165, 1.54) is 49.4 Å². The second-order valence-electron chi connectivity index (χ2n) is 7.20. The second-order valence-corrected chi connectivity index (χ2v) is 7.20. The van der Waals surface area contributed by atoms with Crippen molar-refractivity contribution >= 4 is 23.1 Å². The summed E-state index contributed by atoms with van der Waals surface area (Å²) >= 11 is 0. The third-order valence-electron chi connectivity index (χ3n) is 5.17. The first-order valence-corrected chi connectivity index (χ1v) is 9.40. The molecule has 156 valence electrons. The van der Waals surface area contributed by atoms with E-state index < -0.39 is 35.1 Å². The average molecular weight is 421 g/mol. The Hall–Kier alpha value is -4.00. The maximum absolute atomic E-state index is 13.7. The molecule has 0 aromatic heterocycles. The first-order chi connectivity index (χ1) is 14.8. The molecular weight excluding hydrogens is 404 g/mol. The highest BCUT2D eigenvalue weighted by atomic mass is 19.1. The number of carbonyl (C=O) groups is 2. The minimum absolute atomic E-state index is 0.0974. The molecule has 1 amide bonds. The molecule has 0 saturated carbocycles. The third-order valence-corrected chi connectivity index (χ3v) is 5.17. The van der Waals surface area contributed by atoms with Crippen LogP contribution in [0, 0.1) is 18.6 Å². The highest BCUT2D eigenvalue weighted by Gasteiger charge is 2.47. The average Bonchev–Trinajstić information content (AvgIpc) is 3.01. The van der Waals surface area contributed by atoms with E-state index in [1.807, 2.05) is 0 Å². The van der Waals surface area contributed by atoms with Crippen LogP contribution in [-0.2, 0) is 9.59 Å². The summed E-state index contributed by atoms with van der Waals surface area (Å²) in [7, 11) is 0. The largest absolute Gasteiger partial charge is 0.508 e. The molecule has 0 aliphatic carbocycles. The van der Waals surface area contributed by atoms with E-state index in [9.17, 15) is 28.6 Å². The van der Waals surface area contributed by atoms with Gasteiger partial charge in [-0.05, 0) is 72.6 Å². The second kappa shape index (κ2) is 7.68. The lowest BCUT2D eigenvalue weighted by molar-refractivity contribution is -0.132. The molecule has 3 aromatic rings. The molecule has 4 rings (SSSR count). The van der Waals surface area contributed by atoms with Gasteiger partial charge in [-0.25, -0.2) is 8.78 Å². The van der Waals surface area contributed by atoms with Crippen LogP contribution < -0.4 is 4.90 Å². The summed E-state index contributed by atoms with van der Waals surface area (Å²) in [6, 6.07) is 13.7. The summed E-state index contributed by atoms with van der Waals surface area (Å²) < 4.78 is 27.1. The molecule has 1 atom stereocenters. The molecule has 1 aliphatic rings. The number of phenols is 1. The molecule has 1 unspecified atom stereocenters. The van der Waals surface area contributed by atoms with E-state index in [4.69, 9.17) is 0 Å². The number of anilines is 1. The molecule has 31 heavy (non-hydrogen) atoms. The molecule has 0 bridgehead atoms. The number of nitrogens with zero attached hydrogens (tertiary/aromatic N) is 1. The number of phenolic OH excluding ortho intramolecular Hbond substituents is 1. The number of carbonyl (C=O) groups excluding carboxylic acids is 2. The fraction of sp³-hybridized carbons (Fsp3) is 0.0833. The van der Waals surface area contributed by atoms with Crippen LogP contribution in [0.2, 0.25) is 0 Å². The summed E-state index contributed by atoms with van der Waals surface area (Å²) in [6.45, 7) is 1.51. The SMILES string of the molecule is Cc1cc(/C(O)=C2/C(=O)C(=O)N(c3ccc(F)cc3)C2c2cccc(O)c2)ccc1F. The number of rotatable bonds is 3. The van der Waals surface area contributed by atoms with E-state index >= 15 is 0 Å². The van der Waals surface area contributed by atoms with E-state index in [-0.39, 0.29) is 28.1 Å². The van der Waals surface area contributed by atoms with Gasteiger partial charge in [0.05, 0.1) is 11.6 Å². The number of halogens is 2. The van der Waals surface area contributed by atoms with Crippen LogP contribution in [0.5, 0.6) is 5.75 Å². The molecule has 1 aliphatic heterocycles. The Morgan fingerprint density at radius 1 is 0.968 bits per heavy atom. The maximum Gasteiger partial charge on any atom is 0.300 e. The molecule has 0 spiro atoms. The van der Waals surface area contributed by atoms with Gasteiger partial charge in [-0.2, -0.15) is 0 Å². The van der Waals surface area contributed by atoms with E-state index in [2.05, 4.69) is 0 Å². The highest BCUT2D eigenvalue weighted by Crippen LogP contribution is 2.42. The van der Waals surface area contributed by atoms with Gasteiger partial charge in [-0.3, -0.25) is 14.5 Å². The lowest BCUT2D eigenvalue weighted by Crippen LogP contribution is -2.29. The Balaban J connectivity index is 1.96. The van der Waals surface area contributed by atoms with Crippen molar-refractivity contribution in [2.24, 2.45) is 0 Å². The molecule has 1 heterocycles. The van der Waals surface area contributed by atoms with Gasteiger partial charge in [-0.1, -0.05) is 12.1 Å². The number of Topliss-reactive ketones (excluding diaryl/α,β-unsaturated/α-hetero) is 1. The van der Waals surface area contributed by atoms with Crippen molar-refractivity contribution < 1.29 is 28.6 Å². The Kier molecular flexibility index (Phi) is 5.02. The van der Waals surface area contributed by atoms with Gasteiger partial charge in [0.15, 0.2) is 0 Å². The summed E-state index contributed by atoms with van der Waals surface area (Å²) in [5.74, 6) is -3.43. The molecule has 1 fully saturated rings. The van der Waals surface area contributed by atoms with Crippen molar-refractivity contribution in [2.45, 2.75) is 13.0 Å². The third kappa shape index (κ3) is 3.54. The molecule has 7 heteroatoms. The molecule has 1 saturated heterocycles. The minimum atomic E-state index is -1.08. The summed E-state index contributed by atoms with van der Waals surface area (Å²) in [6.07, 6.45) is 0. The molecule has 5 nitrogen and oxygen atoms in total. The van der Waals surface area contributed by atoms with Crippen molar-refractivity contribution in [1.82, 2.24) is 0 Å². The first-order valence-electron chi connectivity index (χ1n) is 9.40. The Labute approximate surface area is 176 Å². The quantitative estimate of drug-likeness (QED) is 0.368. The predicted molar refractivity (Wildman–Crippen MR) is 110 cm³/mol. The fourth-order valence-electron chi connectivity index (χ4n) is 3.66. The minimum Gasteiger partial charge on any atom is -0.508 e. The standard InChI is InChI=1S/C24H17F2NO4/c1-13-11-15(5-10-19(13)26)22(29)20-21(14-3-2-4-18(28)12-14)27(24(31)23(20)30)17-8-6-16(25)7-9-17/h2-12,21,28-29H,1H3/b22-20-. The number of aromatic hydroxyl groups is 1. The van der Waals surface area contributed by atoms with Crippen LogP contribution in [0.15, 0.2) is 72.3 Å². The molecular formula is C24H17F2NO4. The van der Waals surface area contributed by atoms with Gasteiger partial charge in [0.1, 0.15) is 23.1 Å². The van der Waals surface area contributed by atoms with Gasteiger partial charge in [-0.15, -0.1) is 0 Å². The Morgan fingerprint density at radius 3 is 2.32 bits per heavy atom. The van der Waals surface area contributed by atoms with Crippen LogP contribution >= 0.6 is 0 Å². The number of aliphatic hydroxyl groups excluding tert-OH is 1. The lowest BCUT2D eigenvalue weighted by Gasteiger charge is -2.25. The number of hydrogen-bond donors (Lipinski definition) is 2. The first kappa shape index (κ1) is 20.3. The normalized spacial score (nSPS) is 17.9. The summed E-state index contributed by atoms with van der Waals surface area (Å²) in [5, 5.41) is 20.9. The van der Waals surface area contributed by atoms with Crippen LogP contribution in [0.3, 0.4) is 0 Å². The van der Waals surface area contributed by atoms with Crippen molar-refractivity contribution in [2.75, 3.05) is 4.90 Å². The van der Waals surface area contributed by atoms with Gasteiger partial charge in [0, 0.05) is 11.3 Å². The summed E-state index contributed by atoms with van der Waals surface area (Å²) in [5.41, 5.74) is 0.813.